The monoisotopic (exact) mass is 240 g/mol. The van der Waals surface area contributed by atoms with E-state index in [4.69, 9.17) is 0 Å². The fourth-order valence-corrected chi connectivity index (χ4v) is 2.11. The van der Waals surface area contributed by atoms with E-state index < -0.39 is 0 Å². The molecular formula is C16H20N2. The molecule has 0 bridgehead atoms. The van der Waals surface area contributed by atoms with Crippen LogP contribution in [0.3, 0.4) is 0 Å². The predicted molar refractivity (Wildman–Crippen MR) is 77.0 cm³/mol. The van der Waals surface area contributed by atoms with E-state index >= 15 is 0 Å². The van der Waals surface area contributed by atoms with Gasteiger partial charge in [0.05, 0.1) is 11.4 Å². The first-order chi connectivity index (χ1) is 8.56. The van der Waals surface area contributed by atoms with Crippen LogP contribution in [0.4, 0.5) is 5.69 Å². The van der Waals surface area contributed by atoms with Crippen molar-refractivity contribution < 1.29 is 0 Å². The molecule has 0 atom stereocenters. The number of nitrogens with zero attached hydrogens (tertiary/aromatic N) is 1. The number of hydrogen-bond acceptors (Lipinski definition) is 2. The number of aromatic nitrogens is 1. The first-order valence-corrected chi connectivity index (χ1v) is 6.30. The summed E-state index contributed by atoms with van der Waals surface area (Å²) in [6.07, 6.45) is 0. The van der Waals surface area contributed by atoms with Crippen molar-refractivity contribution in [1.82, 2.24) is 4.98 Å². The van der Waals surface area contributed by atoms with E-state index in [0.717, 1.165) is 23.6 Å². The Morgan fingerprint density at radius 1 is 1.00 bits per heavy atom. The van der Waals surface area contributed by atoms with Crippen LogP contribution in [0.15, 0.2) is 30.3 Å². The van der Waals surface area contributed by atoms with Gasteiger partial charge in [-0.25, -0.2) is 0 Å². The molecule has 2 nitrogen and oxygen atoms in total. The molecule has 18 heavy (non-hydrogen) atoms. The zero-order chi connectivity index (χ0) is 13.1. The lowest BCUT2D eigenvalue weighted by atomic mass is 10.1. The Kier molecular flexibility index (Phi) is 3.66. The highest BCUT2D eigenvalue weighted by molar-refractivity contribution is 5.48. The molecule has 0 saturated heterocycles. The summed E-state index contributed by atoms with van der Waals surface area (Å²) in [5, 5.41) is 3.45. The van der Waals surface area contributed by atoms with Crippen LogP contribution in [0.25, 0.3) is 0 Å². The second kappa shape index (κ2) is 5.21. The van der Waals surface area contributed by atoms with Crippen LogP contribution < -0.4 is 5.32 Å². The Morgan fingerprint density at radius 2 is 1.78 bits per heavy atom. The molecule has 2 rings (SSSR count). The first-order valence-electron chi connectivity index (χ1n) is 6.30. The summed E-state index contributed by atoms with van der Waals surface area (Å²) in [5.41, 5.74) is 7.20. The topological polar surface area (TPSA) is 24.9 Å². The SMILES string of the molecule is Cc1ccc(CNc2ccc(C)nc2C)c(C)c1. The summed E-state index contributed by atoms with van der Waals surface area (Å²) in [6.45, 7) is 9.18. The van der Waals surface area contributed by atoms with E-state index in [1.54, 1.807) is 0 Å². The van der Waals surface area contributed by atoms with Crippen LogP contribution in [-0.2, 0) is 6.54 Å². The van der Waals surface area contributed by atoms with Gasteiger partial charge in [0.15, 0.2) is 0 Å². The number of aryl methyl sites for hydroxylation is 4. The van der Waals surface area contributed by atoms with Gasteiger partial charge in [0.25, 0.3) is 0 Å². The van der Waals surface area contributed by atoms with E-state index in [0.29, 0.717) is 0 Å². The maximum Gasteiger partial charge on any atom is 0.0606 e. The number of hydrogen-bond donors (Lipinski definition) is 1. The quantitative estimate of drug-likeness (QED) is 0.879. The van der Waals surface area contributed by atoms with Crippen molar-refractivity contribution in [3.63, 3.8) is 0 Å². The van der Waals surface area contributed by atoms with Crippen LogP contribution in [0.1, 0.15) is 28.1 Å². The minimum Gasteiger partial charge on any atom is -0.379 e. The number of nitrogens with one attached hydrogen (secondary N) is 1. The van der Waals surface area contributed by atoms with Gasteiger partial charge in [-0.2, -0.15) is 0 Å². The van der Waals surface area contributed by atoms with E-state index in [1.807, 2.05) is 19.9 Å². The zero-order valence-electron chi connectivity index (χ0n) is 11.5. The minimum atomic E-state index is 0.845. The van der Waals surface area contributed by atoms with E-state index in [2.05, 4.69) is 48.4 Å². The Balaban J connectivity index is 2.11. The molecule has 0 radical (unpaired) electrons. The molecule has 2 heteroatoms. The van der Waals surface area contributed by atoms with Crippen LogP contribution in [-0.4, -0.2) is 4.98 Å². The molecule has 1 heterocycles. The summed E-state index contributed by atoms with van der Waals surface area (Å²) >= 11 is 0. The van der Waals surface area contributed by atoms with Gasteiger partial charge >= 0.3 is 0 Å². The fraction of sp³-hybridized carbons (Fsp3) is 0.312. The molecule has 94 valence electrons. The summed E-state index contributed by atoms with van der Waals surface area (Å²) in [7, 11) is 0. The largest absolute Gasteiger partial charge is 0.379 e. The van der Waals surface area contributed by atoms with Crippen molar-refractivity contribution in [2.24, 2.45) is 0 Å². The zero-order valence-corrected chi connectivity index (χ0v) is 11.5. The molecule has 1 aromatic carbocycles. The maximum atomic E-state index is 4.46. The number of benzene rings is 1. The highest BCUT2D eigenvalue weighted by Gasteiger charge is 2.02. The Labute approximate surface area is 109 Å². The summed E-state index contributed by atoms with van der Waals surface area (Å²) in [4.78, 5) is 4.46. The molecule has 2 aromatic rings. The average Bonchev–Trinajstić information content (AvgIpc) is 2.30. The van der Waals surface area contributed by atoms with E-state index in [1.165, 1.54) is 16.7 Å². The first kappa shape index (κ1) is 12.6. The molecule has 0 unspecified atom stereocenters. The molecule has 0 fully saturated rings. The lowest BCUT2D eigenvalue weighted by molar-refractivity contribution is 1.07. The second-order valence-electron chi connectivity index (χ2n) is 4.87. The summed E-state index contributed by atoms with van der Waals surface area (Å²) < 4.78 is 0. The predicted octanol–water partition coefficient (Wildman–Crippen LogP) is 3.93. The number of pyridine rings is 1. The molecule has 1 N–H and O–H groups in total. The molecule has 0 aliphatic rings. The van der Waals surface area contributed by atoms with Gasteiger partial charge in [0.2, 0.25) is 0 Å². The van der Waals surface area contributed by atoms with Gasteiger partial charge in [-0.15, -0.1) is 0 Å². The van der Waals surface area contributed by atoms with Crippen molar-refractivity contribution >= 4 is 5.69 Å². The fourth-order valence-electron chi connectivity index (χ4n) is 2.11. The van der Waals surface area contributed by atoms with Crippen molar-refractivity contribution in [3.8, 4) is 0 Å². The molecule has 0 saturated carbocycles. The highest BCUT2D eigenvalue weighted by Crippen LogP contribution is 2.16. The van der Waals surface area contributed by atoms with Crippen LogP contribution in [0.2, 0.25) is 0 Å². The van der Waals surface area contributed by atoms with E-state index in [9.17, 15) is 0 Å². The number of anilines is 1. The van der Waals surface area contributed by atoms with Crippen LogP contribution in [0, 0.1) is 27.7 Å². The molecule has 0 spiro atoms. The molecule has 0 aliphatic carbocycles. The molecule has 1 aromatic heterocycles. The van der Waals surface area contributed by atoms with Gasteiger partial charge in [-0.05, 0) is 51.0 Å². The summed E-state index contributed by atoms with van der Waals surface area (Å²) in [6, 6.07) is 10.7. The third kappa shape index (κ3) is 2.89. The minimum absolute atomic E-state index is 0.845. The van der Waals surface area contributed by atoms with Gasteiger partial charge in [0, 0.05) is 12.2 Å². The Hall–Kier alpha value is -1.83. The lowest BCUT2D eigenvalue weighted by Crippen LogP contribution is -2.04. The van der Waals surface area contributed by atoms with Crippen LogP contribution in [0.5, 0.6) is 0 Å². The smallest absolute Gasteiger partial charge is 0.0606 e. The lowest BCUT2D eigenvalue weighted by Gasteiger charge is -2.11. The van der Waals surface area contributed by atoms with Gasteiger partial charge < -0.3 is 5.32 Å². The van der Waals surface area contributed by atoms with E-state index in [-0.39, 0.29) is 0 Å². The average molecular weight is 240 g/mol. The Morgan fingerprint density at radius 3 is 2.44 bits per heavy atom. The molecular weight excluding hydrogens is 220 g/mol. The van der Waals surface area contributed by atoms with Crippen molar-refractivity contribution in [2.75, 3.05) is 5.32 Å². The van der Waals surface area contributed by atoms with Crippen LogP contribution >= 0.6 is 0 Å². The van der Waals surface area contributed by atoms with Crippen molar-refractivity contribution in [2.45, 2.75) is 34.2 Å². The Bertz CT molecular complexity index is 508. The van der Waals surface area contributed by atoms with Gasteiger partial charge in [-0.3, -0.25) is 4.98 Å². The summed E-state index contributed by atoms with van der Waals surface area (Å²) in [5.74, 6) is 0. The van der Waals surface area contributed by atoms with Crippen molar-refractivity contribution in [1.29, 1.82) is 0 Å². The van der Waals surface area contributed by atoms with Gasteiger partial charge in [0.1, 0.15) is 0 Å². The standard InChI is InChI=1S/C16H20N2/c1-11-5-7-15(12(2)9-11)10-17-16-8-6-13(3)18-14(16)4/h5-9,17H,10H2,1-4H3. The maximum absolute atomic E-state index is 4.46. The highest BCUT2D eigenvalue weighted by atomic mass is 14.9. The third-order valence-corrected chi connectivity index (χ3v) is 3.19. The van der Waals surface area contributed by atoms with Crippen molar-refractivity contribution in [3.05, 3.63) is 58.4 Å². The molecule has 0 aliphatic heterocycles. The normalized spacial score (nSPS) is 10.4. The second-order valence-corrected chi connectivity index (χ2v) is 4.87. The molecule has 0 amide bonds. The van der Waals surface area contributed by atoms with Gasteiger partial charge in [-0.1, -0.05) is 23.8 Å². The number of rotatable bonds is 3. The third-order valence-electron chi connectivity index (χ3n) is 3.19.